The predicted molar refractivity (Wildman–Crippen MR) is 101 cm³/mol. The number of urea groups is 1. The number of hydrogen-bond acceptors (Lipinski definition) is 5. The van der Waals surface area contributed by atoms with E-state index in [0.29, 0.717) is 5.16 Å². The molecule has 1 aliphatic carbocycles. The van der Waals surface area contributed by atoms with Gasteiger partial charge >= 0.3 is 6.03 Å². The van der Waals surface area contributed by atoms with Gasteiger partial charge in [-0.1, -0.05) is 49.0 Å². The van der Waals surface area contributed by atoms with E-state index in [2.05, 4.69) is 39.2 Å². The number of amides is 3. The van der Waals surface area contributed by atoms with Gasteiger partial charge < -0.3 is 5.32 Å². The summed E-state index contributed by atoms with van der Waals surface area (Å²) in [5.74, 6) is 0.559. The smallest absolute Gasteiger partial charge is 0.321 e. The van der Waals surface area contributed by atoms with Crippen molar-refractivity contribution in [3.8, 4) is 11.4 Å². The lowest BCUT2D eigenvalue weighted by Crippen LogP contribution is -2.41. The highest BCUT2D eigenvalue weighted by atomic mass is 32.2. The van der Waals surface area contributed by atoms with Crippen LogP contribution in [0.4, 0.5) is 4.79 Å². The second-order valence-corrected chi connectivity index (χ2v) is 7.33. The van der Waals surface area contributed by atoms with E-state index in [0.717, 1.165) is 30.7 Å². The predicted octanol–water partition coefficient (Wildman–Crippen LogP) is 3.00. The van der Waals surface area contributed by atoms with Gasteiger partial charge in [-0.25, -0.2) is 4.79 Å². The molecule has 0 aliphatic heterocycles. The first kappa shape index (κ1) is 18.4. The maximum atomic E-state index is 12.0. The standard InChI is InChI=1S/C18H23N5O2S/c1-3-12(2)23-16(13-7-5-4-6-8-13)21-22-18(23)26-11-15(24)20-17(25)19-14-9-10-14/h4-8,12,14H,3,9-11H2,1-2H3,(H2,19,20,24,25). The first-order chi connectivity index (χ1) is 12.6. The highest BCUT2D eigenvalue weighted by molar-refractivity contribution is 7.99. The van der Waals surface area contributed by atoms with E-state index < -0.39 is 6.03 Å². The molecule has 7 nitrogen and oxygen atoms in total. The zero-order valence-electron chi connectivity index (χ0n) is 14.9. The number of hydrogen-bond donors (Lipinski definition) is 2. The average molecular weight is 373 g/mol. The molecule has 1 aromatic heterocycles. The van der Waals surface area contributed by atoms with Crippen LogP contribution in [0.25, 0.3) is 11.4 Å². The first-order valence-corrected chi connectivity index (χ1v) is 9.80. The minimum Gasteiger partial charge on any atom is -0.335 e. The number of imide groups is 1. The first-order valence-electron chi connectivity index (χ1n) is 8.82. The van der Waals surface area contributed by atoms with Crippen molar-refractivity contribution in [2.24, 2.45) is 0 Å². The molecule has 1 heterocycles. The third kappa shape index (κ3) is 4.63. The lowest BCUT2D eigenvalue weighted by molar-refractivity contribution is -0.117. The molecule has 3 rings (SSSR count). The molecule has 1 aliphatic rings. The molecule has 0 saturated heterocycles. The lowest BCUT2D eigenvalue weighted by atomic mass is 10.2. The zero-order valence-corrected chi connectivity index (χ0v) is 15.8. The van der Waals surface area contributed by atoms with E-state index in [1.807, 2.05) is 30.3 Å². The van der Waals surface area contributed by atoms with Crippen molar-refractivity contribution in [3.63, 3.8) is 0 Å². The summed E-state index contributed by atoms with van der Waals surface area (Å²) in [5, 5.41) is 14.4. The fourth-order valence-corrected chi connectivity index (χ4v) is 3.32. The van der Waals surface area contributed by atoms with Crippen LogP contribution < -0.4 is 10.6 Å². The minimum atomic E-state index is -0.425. The summed E-state index contributed by atoms with van der Waals surface area (Å²) in [6.45, 7) is 4.20. The zero-order chi connectivity index (χ0) is 18.5. The third-order valence-corrected chi connectivity index (χ3v) is 5.17. The monoisotopic (exact) mass is 373 g/mol. The Bertz CT molecular complexity index is 773. The Hall–Kier alpha value is -2.35. The Morgan fingerprint density at radius 1 is 1.27 bits per heavy atom. The molecule has 0 bridgehead atoms. The minimum absolute atomic E-state index is 0.113. The molecular weight excluding hydrogens is 350 g/mol. The van der Waals surface area contributed by atoms with Gasteiger partial charge in [0.15, 0.2) is 11.0 Å². The van der Waals surface area contributed by atoms with Crippen LogP contribution in [0, 0.1) is 0 Å². The summed E-state index contributed by atoms with van der Waals surface area (Å²) < 4.78 is 2.05. The van der Waals surface area contributed by atoms with Gasteiger partial charge in [-0.15, -0.1) is 10.2 Å². The number of carbonyl (C=O) groups excluding carboxylic acids is 2. The van der Waals surface area contributed by atoms with Gasteiger partial charge in [0, 0.05) is 17.6 Å². The molecule has 138 valence electrons. The molecule has 8 heteroatoms. The van der Waals surface area contributed by atoms with Crippen LogP contribution in [0.5, 0.6) is 0 Å². The summed E-state index contributed by atoms with van der Waals surface area (Å²) in [5.41, 5.74) is 0.986. The van der Waals surface area contributed by atoms with Gasteiger partial charge in [0.1, 0.15) is 0 Å². The number of nitrogens with one attached hydrogen (secondary N) is 2. The van der Waals surface area contributed by atoms with Crippen molar-refractivity contribution in [3.05, 3.63) is 30.3 Å². The molecule has 2 aromatic rings. The number of aromatic nitrogens is 3. The number of benzene rings is 1. The van der Waals surface area contributed by atoms with Crippen LogP contribution in [0.1, 0.15) is 39.2 Å². The van der Waals surface area contributed by atoms with Gasteiger partial charge in [-0.3, -0.25) is 14.7 Å². The Labute approximate surface area is 157 Å². The van der Waals surface area contributed by atoms with E-state index in [4.69, 9.17) is 0 Å². The molecule has 1 fully saturated rings. The lowest BCUT2D eigenvalue weighted by Gasteiger charge is -2.16. The van der Waals surface area contributed by atoms with Crippen LogP contribution in [0.15, 0.2) is 35.5 Å². The summed E-state index contributed by atoms with van der Waals surface area (Å²) in [4.78, 5) is 23.6. The molecule has 1 atom stereocenters. The number of thioether (sulfide) groups is 1. The molecule has 1 aromatic carbocycles. The second kappa shape index (κ2) is 8.35. The molecule has 3 amide bonds. The fraction of sp³-hybridized carbons (Fsp3) is 0.444. The van der Waals surface area contributed by atoms with Crippen molar-refractivity contribution in [1.82, 2.24) is 25.4 Å². The summed E-state index contributed by atoms with van der Waals surface area (Å²) >= 11 is 1.29. The number of nitrogens with zero attached hydrogens (tertiary/aromatic N) is 3. The SMILES string of the molecule is CCC(C)n1c(SCC(=O)NC(=O)NC2CC2)nnc1-c1ccccc1. The largest absolute Gasteiger partial charge is 0.335 e. The molecule has 2 N–H and O–H groups in total. The van der Waals surface area contributed by atoms with Crippen molar-refractivity contribution >= 4 is 23.7 Å². The molecule has 26 heavy (non-hydrogen) atoms. The Morgan fingerprint density at radius 2 is 2.00 bits per heavy atom. The van der Waals surface area contributed by atoms with E-state index in [1.54, 1.807) is 0 Å². The van der Waals surface area contributed by atoms with Crippen LogP contribution in [-0.2, 0) is 4.79 Å². The van der Waals surface area contributed by atoms with Gasteiger partial charge in [0.2, 0.25) is 5.91 Å². The van der Waals surface area contributed by atoms with Gasteiger partial charge in [-0.05, 0) is 26.2 Å². The third-order valence-electron chi connectivity index (χ3n) is 4.23. The van der Waals surface area contributed by atoms with E-state index in [9.17, 15) is 9.59 Å². The molecule has 0 radical (unpaired) electrons. The van der Waals surface area contributed by atoms with Gasteiger partial charge in [0.05, 0.1) is 5.75 Å². The molecular formula is C18H23N5O2S. The average Bonchev–Trinajstić information content (AvgIpc) is 3.35. The maximum Gasteiger partial charge on any atom is 0.321 e. The van der Waals surface area contributed by atoms with Crippen molar-refractivity contribution in [1.29, 1.82) is 0 Å². The van der Waals surface area contributed by atoms with Crippen molar-refractivity contribution in [2.75, 3.05) is 5.75 Å². The topological polar surface area (TPSA) is 88.9 Å². The number of rotatable bonds is 7. The fourth-order valence-electron chi connectivity index (χ4n) is 2.48. The van der Waals surface area contributed by atoms with E-state index in [1.165, 1.54) is 11.8 Å². The second-order valence-electron chi connectivity index (χ2n) is 6.38. The highest BCUT2D eigenvalue weighted by Gasteiger charge is 2.24. The van der Waals surface area contributed by atoms with Crippen LogP contribution >= 0.6 is 11.8 Å². The number of carbonyl (C=O) groups is 2. The molecule has 1 saturated carbocycles. The highest BCUT2D eigenvalue weighted by Crippen LogP contribution is 2.28. The van der Waals surface area contributed by atoms with Gasteiger partial charge in [0.25, 0.3) is 0 Å². The maximum absolute atomic E-state index is 12.0. The Kier molecular flexibility index (Phi) is 5.92. The van der Waals surface area contributed by atoms with Crippen LogP contribution in [-0.4, -0.2) is 38.5 Å². The molecule has 0 spiro atoms. The summed E-state index contributed by atoms with van der Waals surface area (Å²) in [6, 6.07) is 9.86. The van der Waals surface area contributed by atoms with Gasteiger partial charge in [-0.2, -0.15) is 0 Å². The Balaban J connectivity index is 1.68. The van der Waals surface area contributed by atoms with Crippen LogP contribution in [0.3, 0.4) is 0 Å². The summed E-state index contributed by atoms with van der Waals surface area (Å²) in [7, 11) is 0. The quantitative estimate of drug-likeness (QED) is 0.728. The normalized spacial score (nSPS) is 14.7. The summed E-state index contributed by atoms with van der Waals surface area (Å²) in [6.07, 6.45) is 2.88. The van der Waals surface area contributed by atoms with Crippen molar-refractivity contribution in [2.45, 2.75) is 50.4 Å². The van der Waals surface area contributed by atoms with Crippen LogP contribution in [0.2, 0.25) is 0 Å². The van der Waals surface area contributed by atoms with E-state index >= 15 is 0 Å². The van der Waals surface area contributed by atoms with E-state index in [-0.39, 0.29) is 23.7 Å². The van der Waals surface area contributed by atoms with Crippen molar-refractivity contribution < 1.29 is 9.59 Å². The Morgan fingerprint density at radius 3 is 2.65 bits per heavy atom. The molecule has 1 unspecified atom stereocenters.